The standard InChI is InChI=1S/C18H16N4O3S/c1-2-25-11-7-8-13-15(9-11)26-17(19-13)21-16(23)10-22-14-6-4-3-5-12(14)20-18(22)24/h3-9H,2,10H2,1H3,(H,20,24)(H,19,21,23). The number of amides is 1. The zero-order chi connectivity index (χ0) is 18.1. The first-order chi connectivity index (χ1) is 12.6. The van der Waals surface area contributed by atoms with Gasteiger partial charge >= 0.3 is 5.69 Å². The molecule has 0 atom stereocenters. The van der Waals surface area contributed by atoms with E-state index >= 15 is 0 Å². The van der Waals surface area contributed by atoms with E-state index < -0.39 is 0 Å². The first-order valence-electron chi connectivity index (χ1n) is 8.15. The van der Waals surface area contributed by atoms with Gasteiger partial charge < -0.3 is 15.0 Å². The Morgan fingerprint density at radius 3 is 3.00 bits per heavy atom. The van der Waals surface area contributed by atoms with E-state index in [1.807, 2.05) is 37.3 Å². The Morgan fingerprint density at radius 1 is 1.31 bits per heavy atom. The molecule has 0 aliphatic carbocycles. The highest BCUT2D eigenvalue weighted by molar-refractivity contribution is 7.22. The Bertz CT molecular complexity index is 1160. The van der Waals surface area contributed by atoms with Crippen LogP contribution >= 0.6 is 11.3 Å². The van der Waals surface area contributed by atoms with Crippen molar-refractivity contribution >= 4 is 43.6 Å². The fraction of sp³-hybridized carbons (Fsp3) is 0.167. The van der Waals surface area contributed by atoms with E-state index in [-0.39, 0.29) is 18.1 Å². The Kier molecular flexibility index (Phi) is 4.18. The van der Waals surface area contributed by atoms with Gasteiger partial charge in [-0.25, -0.2) is 9.78 Å². The molecule has 0 unspecified atom stereocenters. The summed E-state index contributed by atoms with van der Waals surface area (Å²) in [4.78, 5) is 31.6. The van der Waals surface area contributed by atoms with Crippen molar-refractivity contribution in [2.24, 2.45) is 0 Å². The van der Waals surface area contributed by atoms with Crippen molar-refractivity contribution in [1.82, 2.24) is 14.5 Å². The molecule has 1 amide bonds. The normalized spacial score (nSPS) is 11.1. The number of hydrogen-bond donors (Lipinski definition) is 2. The quantitative estimate of drug-likeness (QED) is 0.567. The van der Waals surface area contributed by atoms with Crippen LogP contribution in [-0.2, 0) is 11.3 Å². The minimum absolute atomic E-state index is 0.0804. The first kappa shape index (κ1) is 16.3. The smallest absolute Gasteiger partial charge is 0.326 e. The van der Waals surface area contributed by atoms with Gasteiger partial charge in [0, 0.05) is 0 Å². The highest BCUT2D eigenvalue weighted by Gasteiger charge is 2.13. The van der Waals surface area contributed by atoms with Gasteiger partial charge in [-0.3, -0.25) is 9.36 Å². The number of nitrogens with one attached hydrogen (secondary N) is 2. The van der Waals surface area contributed by atoms with E-state index in [2.05, 4.69) is 15.3 Å². The molecule has 26 heavy (non-hydrogen) atoms. The van der Waals surface area contributed by atoms with Gasteiger partial charge in [-0.05, 0) is 37.3 Å². The van der Waals surface area contributed by atoms with Crippen LogP contribution in [-0.4, -0.2) is 27.0 Å². The average molecular weight is 368 g/mol. The van der Waals surface area contributed by atoms with Crippen molar-refractivity contribution in [3.05, 3.63) is 52.9 Å². The van der Waals surface area contributed by atoms with Gasteiger partial charge in [0.2, 0.25) is 5.91 Å². The molecular weight excluding hydrogens is 352 g/mol. The fourth-order valence-corrected chi connectivity index (χ4v) is 3.69. The number of carbonyl (C=O) groups excluding carboxylic acids is 1. The van der Waals surface area contributed by atoms with Gasteiger partial charge in [0.25, 0.3) is 0 Å². The number of para-hydroxylation sites is 2. The Balaban J connectivity index is 1.55. The first-order valence-corrected chi connectivity index (χ1v) is 8.96. The summed E-state index contributed by atoms with van der Waals surface area (Å²) in [5.41, 5.74) is 1.87. The molecule has 0 aliphatic heterocycles. The number of fused-ring (bicyclic) bond motifs is 2. The van der Waals surface area contributed by atoms with E-state index in [9.17, 15) is 9.59 Å². The third-order valence-electron chi connectivity index (χ3n) is 3.90. The molecule has 2 aromatic carbocycles. The summed E-state index contributed by atoms with van der Waals surface area (Å²) >= 11 is 1.37. The number of aromatic amines is 1. The highest BCUT2D eigenvalue weighted by atomic mass is 32.1. The number of anilines is 1. The van der Waals surface area contributed by atoms with Crippen molar-refractivity contribution in [2.75, 3.05) is 11.9 Å². The molecule has 0 radical (unpaired) electrons. The van der Waals surface area contributed by atoms with Gasteiger partial charge in [-0.15, -0.1) is 0 Å². The molecular formula is C18H16N4O3S. The number of thiazole rings is 1. The van der Waals surface area contributed by atoms with Crippen molar-refractivity contribution in [3.8, 4) is 5.75 Å². The number of nitrogens with zero attached hydrogens (tertiary/aromatic N) is 2. The molecule has 0 saturated carbocycles. The van der Waals surface area contributed by atoms with Gasteiger partial charge in [-0.2, -0.15) is 0 Å². The zero-order valence-corrected chi connectivity index (χ0v) is 14.8. The fourth-order valence-electron chi connectivity index (χ4n) is 2.78. The van der Waals surface area contributed by atoms with Crippen LogP contribution in [0.15, 0.2) is 47.3 Å². The maximum Gasteiger partial charge on any atom is 0.326 e. The van der Waals surface area contributed by atoms with E-state index in [0.29, 0.717) is 22.8 Å². The van der Waals surface area contributed by atoms with Crippen LogP contribution in [0.25, 0.3) is 21.3 Å². The third-order valence-corrected chi connectivity index (χ3v) is 4.83. The lowest BCUT2D eigenvalue weighted by atomic mass is 10.3. The highest BCUT2D eigenvalue weighted by Crippen LogP contribution is 2.29. The Labute approximate surface area is 152 Å². The molecule has 0 fully saturated rings. The predicted octanol–water partition coefficient (Wildman–Crippen LogP) is 2.98. The van der Waals surface area contributed by atoms with Crippen molar-refractivity contribution in [2.45, 2.75) is 13.5 Å². The molecule has 132 valence electrons. The molecule has 4 rings (SSSR count). The van der Waals surface area contributed by atoms with E-state index in [1.54, 1.807) is 12.1 Å². The van der Waals surface area contributed by atoms with Crippen molar-refractivity contribution in [3.63, 3.8) is 0 Å². The number of imidazole rings is 1. The molecule has 4 aromatic rings. The number of ether oxygens (including phenoxy) is 1. The summed E-state index contributed by atoms with van der Waals surface area (Å²) in [6.07, 6.45) is 0. The van der Waals surface area contributed by atoms with Crippen LogP contribution < -0.4 is 15.7 Å². The van der Waals surface area contributed by atoms with E-state index in [4.69, 9.17) is 4.74 Å². The lowest BCUT2D eigenvalue weighted by Crippen LogP contribution is -2.25. The molecule has 0 aliphatic rings. The van der Waals surface area contributed by atoms with Gasteiger partial charge in [0.05, 0.1) is 27.9 Å². The molecule has 7 nitrogen and oxygen atoms in total. The number of carbonyl (C=O) groups is 1. The van der Waals surface area contributed by atoms with E-state index in [1.165, 1.54) is 15.9 Å². The number of rotatable bonds is 5. The minimum atomic E-state index is -0.313. The maximum atomic E-state index is 12.4. The summed E-state index contributed by atoms with van der Waals surface area (Å²) in [5.74, 6) is 0.466. The number of aromatic nitrogens is 3. The third kappa shape index (κ3) is 3.06. The summed E-state index contributed by atoms with van der Waals surface area (Å²) in [7, 11) is 0. The van der Waals surface area contributed by atoms with Gasteiger partial charge in [-0.1, -0.05) is 23.5 Å². The molecule has 2 N–H and O–H groups in total. The van der Waals surface area contributed by atoms with Gasteiger partial charge in [0.1, 0.15) is 12.3 Å². The number of hydrogen-bond acceptors (Lipinski definition) is 5. The minimum Gasteiger partial charge on any atom is -0.494 e. The Morgan fingerprint density at radius 2 is 2.15 bits per heavy atom. The molecule has 8 heteroatoms. The summed E-state index contributed by atoms with van der Waals surface area (Å²) < 4.78 is 7.81. The largest absolute Gasteiger partial charge is 0.494 e. The second-order valence-corrected chi connectivity index (χ2v) is 6.69. The maximum absolute atomic E-state index is 12.4. The lowest BCUT2D eigenvalue weighted by molar-refractivity contribution is -0.116. The summed E-state index contributed by atoms with van der Waals surface area (Å²) in [6.45, 7) is 2.44. The Hall–Kier alpha value is -3.13. The molecule has 0 saturated heterocycles. The lowest BCUT2D eigenvalue weighted by Gasteiger charge is -2.03. The molecule has 2 aromatic heterocycles. The molecule has 2 heterocycles. The predicted molar refractivity (Wildman–Crippen MR) is 102 cm³/mol. The number of benzene rings is 2. The monoisotopic (exact) mass is 368 g/mol. The van der Waals surface area contributed by atoms with Crippen LogP contribution in [0.3, 0.4) is 0 Å². The van der Waals surface area contributed by atoms with Crippen LogP contribution in [0.2, 0.25) is 0 Å². The zero-order valence-electron chi connectivity index (χ0n) is 14.0. The van der Waals surface area contributed by atoms with E-state index in [0.717, 1.165) is 16.0 Å². The summed E-state index contributed by atoms with van der Waals surface area (Å²) in [6, 6.07) is 12.9. The van der Waals surface area contributed by atoms with Crippen LogP contribution in [0.4, 0.5) is 5.13 Å². The molecule has 0 spiro atoms. The van der Waals surface area contributed by atoms with Crippen molar-refractivity contribution < 1.29 is 9.53 Å². The van der Waals surface area contributed by atoms with Crippen molar-refractivity contribution in [1.29, 1.82) is 0 Å². The van der Waals surface area contributed by atoms with Gasteiger partial charge in [0.15, 0.2) is 5.13 Å². The second-order valence-electron chi connectivity index (χ2n) is 5.66. The summed E-state index contributed by atoms with van der Waals surface area (Å²) in [5, 5.41) is 3.26. The van der Waals surface area contributed by atoms with Crippen LogP contribution in [0.5, 0.6) is 5.75 Å². The van der Waals surface area contributed by atoms with Crippen LogP contribution in [0.1, 0.15) is 6.92 Å². The average Bonchev–Trinajstić information content (AvgIpc) is 3.15. The molecule has 0 bridgehead atoms. The SMILES string of the molecule is CCOc1ccc2nc(NC(=O)Cn3c(=O)[nH]c4ccccc43)sc2c1. The topological polar surface area (TPSA) is 89.0 Å². The number of H-pyrrole nitrogens is 1. The second kappa shape index (κ2) is 6.64. The van der Waals surface area contributed by atoms with Crippen LogP contribution in [0, 0.1) is 0 Å².